The number of rotatable bonds is 3. The van der Waals surface area contributed by atoms with Gasteiger partial charge in [-0.2, -0.15) is 0 Å². The minimum absolute atomic E-state index is 0.322. The summed E-state index contributed by atoms with van der Waals surface area (Å²) in [6.07, 6.45) is 1.71. The lowest BCUT2D eigenvalue weighted by Crippen LogP contribution is -2.01. The molecule has 0 aliphatic carbocycles. The SMILES string of the molecule is Cc1cc(/C(=C\c2ccccc2)C(=O)O)cc(C)c1C. The van der Waals surface area contributed by atoms with Crippen LogP contribution in [0.25, 0.3) is 11.6 Å². The molecule has 0 radical (unpaired) electrons. The summed E-state index contributed by atoms with van der Waals surface area (Å²) in [7, 11) is 0. The number of hydrogen-bond acceptors (Lipinski definition) is 1. The smallest absolute Gasteiger partial charge is 0.336 e. The fourth-order valence-electron chi connectivity index (χ4n) is 2.18. The largest absolute Gasteiger partial charge is 0.478 e. The van der Waals surface area contributed by atoms with Crippen LogP contribution in [-0.4, -0.2) is 11.1 Å². The van der Waals surface area contributed by atoms with Gasteiger partial charge < -0.3 is 5.11 Å². The van der Waals surface area contributed by atoms with Crippen molar-refractivity contribution in [2.75, 3.05) is 0 Å². The van der Waals surface area contributed by atoms with E-state index in [1.165, 1.54) is 5.56 Å². The maximum absolute atomic E-state index is 11.5. The van der Waals surface area contributed by atoms with Gasteiger partial charge in [-0.15, -0.1) is 0 Å². The molecule has 102 valence electrons. The highest BCUT2D eigenvalue weighted by Gasteiger charge is 2.12. The molecular formula is C18H18O2. The van der Waals surface area contributed by atoms with Crippen molar-refractivity contribution in [2.24, 2.45) is 0 Å². The fraction of sp³-hybridized carbons (Fsp3) is 0.167. The number of carbonyl (C=O) groups is 1. The second-order valence-corrected chi connectivity index (χ2v) is 5.01. The summed E-state index contributed by atoms with van der Waals surface area (Å²) in [6, 6.07) is 13.4. The molecule has 0 atom stereocenters. The highest BCUT2D eigenvalue weighted by atomic mass is 16.4. The third-order valence-corrected chi connectivity index (χ3v) is 3.58. The van der Waals surface area contributed by atoms with Gasteiger partial charge in [-0.05, 0) is 54.7 Å². The molecule has 0 heterocycles. The van der Waals surface area contributed by atoms with Crippen LogP contribution in [0.1, 0.15) is 27.8 Å². The normalized spacial score (nSPS) is 11.4. The first-order chi connectivity index (χ1) is 9.49. The van der Waals surface area contributed by atoms with Crippen LogP contribution in [0.5, 0.6) is 0 Å². The molecule has 0 spiro atoms. The topological polar surface area (TPSA) is 37.3 Å². The van der Waals surface area contributed by atoms with Crippen LogP contribution in [0.2, 0.25) is 0 Å². The van der Waals surface area contributed by atoms with E-state index in [2.05, 4.69) is 6.92 Å². The molecule has 2 aromatic rings. The number of aliphatic carboxylic acids is 1. The second kappa shape index (κ2) is 5.74. The minimum Gasteiger partial charge on any atom is -0.478 e. The first-order valence-electron chi connectivity index (χ1n) is 6.57. The van der Waals surface area contributed by atoms with Gasteiger partial charge in [0.15, 0.2) is 0 Å². The lowest BCUT2D eigenvalue weighted by molar-refractivity contribution is -0.130. The summed E-state index contributed by atoms with van der Waals surface area (Å²) in [6.45, 7) is 6.07. The van der Waals surface area contributed by atoms with E-state index < -0.39 is 5.97 Å². The summed E-state index contributed by atoms with van der Waals surface area (Å²) in [5.74, 6) is -0.906. The fourth-order valence-corrected chi connectivity index (χ4v) is 2.18. The van der Waals surface area contributed by atoms with E-state index in [1.807, 2.05) is 56.3 Å². The van der Waals surface area contributed by atoms with E-state index in [0.29, 0.717) is 5.57 Å². The van der Waals surface area contributed by atoms with E-state index in [1.54, 1.807) is 6.08 Å². The van der Waals surface area contributed by atoms with Crippen molar-refractivity contribution in [1.82, 2.24) is 0 Å². The van der Waals surface area contributed by atoms with Crippen LogP contribution < -0.4 is 0 Å². The van der Waals surface area contributed by atoms with E-state index in [-0.39, 0.29) is 0 Å². The zero-order chi connectivity index (χ0) is 14.7. The number of carboxylic acids is 1. The number of aryl methyl sites for hydroxylation is 2. The molecule has 0 aromatic heterocycles. The molecule has 2 aromatic carbocycles. The van der Waals surface area contributed by atoms with Crippen molar-refractivity contribution in [3.8, 4) is 0 Å². The third kappa shape index (κ3) is 2.97. The van der Waals surface area contributed by atoms with Gasteiger partial charge in [-0.3, -0.25) is 0 Å². The first-order valence-corrected chi connectivity index (χ1v) is 6.57. The maximum atomic E-state index is 11.5. The van der Waals surface area contributed by atoms with Gasteiger partial charge in [0.25, 0.3) is 0 Å². The molecular weight excluding hydrogens is 248 g/mol. The molecule has 20 heavy (non-hydrogen) atoms. The number of hydrogen-bond donors (Lipinski definition) is 1. The molecule has 0 amide bonds. The zero-order valence-electron chi connectivity index (χ0n) is 12.0. The third-order valence-electron chi connectivity index (χ3n) is 3.58. The lowest BCUT2D eigenvalue weighted by atomic mass is 9.95. The Hall–Kier alpha value is -2.35. The highest BCUT2D eigenvalue weighted by molar-refractivity contribution is 6.20. The van der Waals surface area contributed by atoms with Crippen molar-refractivity contribution in [1.29, 1.82) is 0 Å². The Morgan fingerprint density at radius 2 is 1.55 bits per heavy atom. The zero-order valence-corrected chi connectivity index (χ0v) is 12.0. The average Bonchev–Trinajstić information content (AvgIpc) is 2.42. The Morgan fingerprint density at radius 1 is 1.00 bits per heavy atom. The van der Waals surface area contributed by atoms with Gasteiger partial charge >= 0.3 is 5.97 Å². The van der Waals surface area contributed by atoms with Crippen molar-refractivity contribution >= 4 is 17.6 Å². The summed E-state index contributed by atoms with van der Waals surface area (Å²) < 4.78 is 0. The van der Waals surface area contributed by atoms with E-state index in [9.17, 15) is 9.90 Å². The van der Waals surface area contributed by atoms with E-state index in [4.69, 9.17) is 0 Å². The van der Waals surface area contributed by atoms with E-state index >= 15 is 0 Å². The molecule has 0 unspecified atom stereocenters. The van der Waals surface area contributed by atoms with Crippen molar-refractivity contribution in [2.45, 2.75) is 20.8 Å². The highest BCUT2D eigenvalue weighted by Crippen LogP contribution is 2.23. The van der Waals surface area contributed by atoms with Gasteiger partial charge in [0, 0.05) is 0 Å². The van der Waals surface area contributed by atoms with E-state index in [0.717, 1.165) is 22.3 Å². The average molecular weight is 266 g/mol. The Kier molecular flexibility index (Phi) is 4.04. The van der Waals surface area contributed by atoms with Crippen LogP contribution in [0.15, 0.2) is 42.5 Å². The molecule has 0 aliphatic rings. The Bertz CT molecular complexity index is 644. The second-order valence-electron chi connectivity index (χ2n) is 5.01. The van der Waals surface area contributed by atoms with Crippen LogP contribution in [0, 0.1) is 20.8 Å². The monoisotopic (exact) mass is 266 g/mol. The Morgan fingerprint density at radius 3 is 2.05 bits per heavy atom. The van der Waals surface area contributed by atoms with Gasteiger partial charge in [0.05, 0.1) is 5.57 Å². The Balaban J connectivity index is 2.55. The minimum atomic E-state index is -0.906. The van der Waals surface area contributed by atoms with Crippen LogP contribution in [-0.2, 0) is 4.79 Å². The summed E-state index contributed by atoms with van der Waals surface area (Å²) >= 11 is 0. The summed E-state index contributed by atoms with van der Waals surface area (Å²) in [4.78, 5) is 11.5. The van der Waals surface area contributed by atoms with Crippen molar-refractivity contribution in [3.05, 3.63) is 70.3 Å². The Labute approximate surface area is 119 Å². The summed E-state index contributed by atoms with van der Waals surface area (Å²) in [5, 5.41) is 9.47. The van der Waals surface area contributed by atoms with Crippen molar-refractivity contribution in [3.63, 3.8) is 0 Å². The maximum Gasteiger partial charge on any atom is 0.336 e. The van der Waals surface area contributed by atoms with Crippen LogP contribution >= 0.6 is 0 Å². The molecule has 2 heteroatoms. The molecule has 1 N–H and O–H groups in total. The summed E-state index contributed by atoms with van der Waals surface area (Å²) in [5.41, 5.74) is 5.39. The number of benzene rings is 2. The first kappa shape index (κ1) is 14.1. The molecule has 0 aliphatic heterocycles. The molecule has 2 rings (SSSR count). The number of carboxylic acid groups (broad SMARTS) is 1. The molecule has 0 fully saturated rings. The van der Waals surface area contributed by atoms with Crippen LogP contribution in [0.4, 0.5) is 0 Å². The molecule has 0 bridgehead atoms. The lowest BCUT2D eigenvalue weighted by Gasteiger charge is -2.10. The quantitative estimate of drug-likeness (QED) is 0.666. The molecule has 2 nitrogen and oxygen atoms in total. The predicted molar refractivity (Wildman–Crippen MR) is 82.6 cm³/mol. The van der Waals surface area contributed by atoms with Crippen molar-refractivity contribution < 1.29 is 9.90 Å². The van der Waals surface area contributed by atoms with Gasteiger partial charge in [-0.1, -0.05) is 42.5 Å². The van der Waals surface area contributed by atoms with Crippen LogP contribution in [0.3, 0.4) is 0 Å². The molecule has 0 saturated carbocycles. The van der Waals surface area contributed by atoms with Gasteiger partial charge in [0.1, 0.15) is 0 Å². The predicted octanol–water partition coefficient (Wildman–Crippen LogP) is 4.24. The standard InChI is InChI=1S/C18H18O2/c1-12-9-16(10-13(2)14(12)3)17(18(19)20)11-15-7-5-4-6-8-15/h4-11H,1-3H3,(H,19,20)/b17-11+. The molecule has 0 saturated heterocycles. The van der Waals surface area contributed by atoms with Gasteiger partial charge in [0.2, 0.25) is 0 Å². The van der Waals surface area contributed by atoms with Gasteiger partial charge in [-0.25, -0.2) is 4.79 Å².